The summed E-state index contributed by atoms with van der Waals surface area (Å²) in [5.74, 6) is -1.53. The second-order valence-electron chi connectivity index (χ2n) is 5.29. The number of thioether (sulfide) groups is 1. The number of rotatable bonds is 5. The predicted octanol–water partition coefficient (Wildman–Crippen LogP) is 1.73. The first kappa shape index (κ1) is 16.6. The maximum absolute atomic E-state index is 12.6. The lowest BCUT2D eigenvalue weighted by Gasteiger charge is -2.22. The summed E-state index contributed by atoms with van der Waals surface area (Å²) in [6, 6.07) is 2.08. The highest BCUT2D eigenvalue weighted by atomic mass is 32.2. The van der Waals surface area contributed by atoms with Gasteiger partial charge in [-0.05, 0) is 25.7 Å². The van der Waals surface area contributed by atoms with E-state index in [0.29, 0.717) is 0 Å². The van der Waals surface area contributed by atoms with Crippen LogP contribution in [-0.4, -0.2) is 32.0 Å². The Labute approximate surface area is 129 Å². The molecule has 1 aromatic rings. The number of aromatic nitrogens is 3. The number of carbonyl (C=O) groups excluding carboxylic acids is 1. The summed E-state index contributed by atoms with van der Waals surface area (Å²) in [6.07, 6.45) is -2.82. The Bertz CT molecular complexity index is 619. The molecule has 1 saturated carbocycles. The van der Waals surface area contributed by atoms with Crippen LogP contribution in [0.2, 0.25) is 0 Å². The molecule has 120 valence electrons. The van der Waals surface area contributed by atoms with Crippen LogP contribution in [0.25, 0.3) is 0 Å². The molecule has 0 bridgehead atoms. The van der Waals surface area contributed by atoms with E-state index < -0.39 is 23.4 Å². The average molecular weight is 333 g/mol. The minimum absolute atomic E-state index is 0.00689. The van der Waals surface area contributed by atoms with E-state index in [9.17, 15) is 18.0 Å². The number of nitrogens with one attached hydrogen (secondary N) is 1. The molecule has 6 nitrogen and oxygen atoms in total. The summed E-state index contributed by atoms with van der Waals surface area (Å²) in [6.45, 7) is 1.65. The van der Waals surface area contributed by atoms with Crippen molar-refractivity contribution in [2.75, 3.05) is 5.75 Å². The fourth-order valence-electron chi connectivity index (χ4n) is 2.03. The zero-order chi connectivity index (χ0) is 16.5. The fraction of sp³-hybridized carbons (Fsp3) is 0.667. The molecule has 0 unspecified atom stereocenters. The van der Waals surface area contributed by atoms with Gasteiger partial charge in [-0.15, -0.1) is 10.2 Å². The van der Waals surface area contributed by atoms with Crippen molar-refractivity contribution in [1.82, 2.24) is 20.1 Å². The lowest BCUT2D eigenvalue weighted by Crippen LogP contribution is -2.47. The number of nitrogens with zero attached hydrogens (tertiary/aromatic N) is 4. The van der Waals surface area contributed by atoms with E-state index in [1.807, 2.05) is 0 Å². The van der Waals surface area contributed by atoms with Gasteiger partial charge in [0.2, 0.25) is 11.7 Å². The van der Waals surface area contributed by atoms with E-state index in [1.165, 1.54) is 7.05 Å². The third-order valence-corrected chi connectivity index (χ3v) is 4.47. The Hall–Kier alpha value is -1.76. The maximum atomic E-state index is 12.6. The molecular formula is C12H14F3N5OS. The van der Waals surface area contributed by atoms with Crippen molar-refractivity contribution in [3.63, 3.8) is 0 Å². The molecule has 0 spiro atoms. The second-order valence-corrected chi connectivity index (χ2v) is 6.23. The number of carbonyl (C=O) groups is 1. The highest BCUT2D eigenvalue weighted by Gasteiger charge is 2.43. The summed E-state index contributed by atoms with van der Waals surface area (Å²) in [5.41, 5.74) is -0.922. The normalized spacial score (nSPS) is 17.6. The van der Waals surface area contributed by atoms with Gasteiger partial charge < -0.3 is 9.88 Å². The molecule has 1 aliphatic carbocycles. The van der Waals surface area contributed by atoms with Gasteiger partial charge in [0.05, 0.1) is 11.8 Å². The molecule has 1 amide bonds. The lowest BCUT2D eigenvalue weighted by atomic mass is 9.98. The van der Waals surface area contributed by atoms with E-state index in [4.69, 9.17) is 5.26 Å². The lowest BCUT2D eigenvalue weighted by molar-refractivity contribution is -0.147. The number of amides is 1. The van der Waals surface area contributed by atoms with Gasteiger partial charge in [-0.1, -0.05) is 11.8 Å². The Balaban J connectivity index is 1.95. The van der Waals surface area contributed by atoms with Gasteiger partial charge in [0.1, 0.15) is 5.54 Å². The summed E-state index contributed by atoms with van der Waals surface area (Å²) in [5, 5.41) is 18.3. The molecule has 1 aliphatic rings. The minimum atomic E-state index is -4.59. The highest BCUT2D eigenvalue weighted by molar-refractivity contribution is 7.99. The predicted molar refractivity (Wildman–Crippen MR) is 71.6 cm³/mol. The van der Waals surface area contributed by atoms with E-state index in [2.05, 4.69) is 21.6 Å². The quantitative estimate of drug-likeness (QED) is 0.830. The van der Waals surface area contributed by atoms with Gasteiger partial charge in [0, 0.05) is 7.05 Å². The first-order valence-corrected chi connectivity index (χ1v) is 7.47. The minimum Gasteiger partial charge on any atom is -0.337 e. The molecule has 0 saturated heterocycles. The van der Waals surface area contributed by atoms with Crippen LogP contribution in [0, 0.1) is 17.2 Å². The Morgan fingerprint density at radius 2 is 2.14 bits per heavy atom. The van der Waals surface area contributed by atoms with Crippen LogP contribution < -0.4 is 5.32 Å². The number of alkyl halides is 3. The molecule has 0 aromatic carbocycles. The average Bonchev–Trinajstić information content (AvgIpc) is 3.20. The Morgan fingerprint density at radius 3 is 2.59 bits per heavy atom. The molecule has 1 fully saturated rings. The van der Waals surface area contributed by atoms with Gasteiger partial charge in [-0.3, -0.25) is 4.79 Å². The third kappa shape index (κ3) is 3.52. The Kier molecular flexibility index (Phi) is 4.37. The number of halogens is 3. The third-order valence-electron chi connectivity index (χ3n) is 3.45. The highest BCUT2D eigenvalue weighted by Crippen LogP contribution is 2.39. The zero-order valence-electron chi connectivity index (χ0n) is 11.9. The molecule has 0 radical (unpaired) electrons. The number of hydrogen-bond acceptors (Lipinski definition) is 5. The van der Waals surface area contributed by atoms with Crippen LogP contribution in [-0.2, 0) is 18.0 Å². The van der Waals surface area contributed by atoms with Gasteiger partial charge in [0.25, 0.3) is 0 Å². The molecule has 1 N–H and O–H groups in total. The van der Waals surface area contributed by atoms with Crippen LogP contribution >= 0.6 is 11.8 Å². The molecule has 22 heavy (non-hydrogen) atoms. The molecule has 10 heteroatoms. The van der Waals surface area contributed by atoms with Crippen molar-refractivity contribution < 1.29 is 18.0 Å². The van der Waals surface area contributed by atoms with Crippen molar-refractivity contribution in [1.29, 1.82) is 5.26 Å². The molecule has 1 heterocycles. The van der Waals surface area contributed by atoms with Crippen molar-refractivity contribution >= 4 is 17.7 Å². The van der Waals surface area contributed by atoms with Crippen molar-refractivity contribution in [3.05, 3.63) is 5.82 Å². The molecule has 0 aliphatic heterocycles. The molecule has 1 aromatic heterocycles. The Morgan fingerprint density at radius 1 is 1.50 bits per heavy atom. The van der Waals surface area contributed by atoms with Crippen molar-refractivity contribution in [3.8, 4) is 6.07 Å². The fourth-order valence-corrected chi connectivity index (χ4v) is 2.74. The standard InChI is InChI=1S/C12H14F3N5OS/c1-11(6-16,7-3-4-7)17-8(21)5-22-10-19-18-9(20(10)2)12(13,14)15/h7H,3-5H2,1-2H3,(H,17,21)/t11-/m0/s1. The SMILES string of the molecule is Cn1c(SCC(=O)N[C@@](C)(C#N)C2CC2)nnc1C(F)(F)F. The summed E-state index contributed by atoms with van der Waals surface area (Å²) >= 11 is 0.843. The van der Waals surface area contributed by atoms with E-state index in [1.54, 1.807) is 6.92 Å². The van der Waals surface area contributed by atoms with Gasteiger partial charge in [0.15, 0.2) is 5.16 Å². The first-order chi connectivity index (χ1) is 10.2. The number of nitriles is 1. The zero-order valence-corrected chi connectivity index (χ0v) is 12.8. The summed E-state index contributed by atoms with van der Waals surface area (Å²) in [4.78, 5) is 11.9. The van der Waals surface area contributed by atoms with Gasteiger partial charge in [-0.25, -0.2) is 0 Å². The molecule has 1 atom stereocenters. The molecular weight excluding hydrogens is 319 g/mol. The van der Waals surface area contributed by atoms with Crippen LogP contribution in [0.15, 0.2) is 5.16 Å². The van der Waals surface area contributed by atoms with Crippen LogP contribution in [0.4, 0.5) is 13.2 Å². The number of hydrogen-bond donors (Lipinski definition) is 1. The smallest absolute Gasteiger partial charge is 0.337 e. The summed E-state index contributed by atoms with van der Waals surface area (Å²) < 4.78 is 38.5. The van der Waals surface area contributed by atoms with Crippen LogP contribution in [0.1, 0.15) is 25.6 Å². The molecule has 2 rings (SSSR count). The van der Waals surface area contributed by atoms with E-state index >= 15 is 0 Å². The second kappa shape index (κ2) is 5.79. The van der Waals surface area contributed by atoms with Crippen molar-refractivity contribution in [2.45, 2.75) is 36.6 Å². The van der Waals surface area contributed by atoms with E-state index in [-0.39, 0.29) is 16.8 Å². The van der Waals surface area contributed by atoms with E-state index in [0.717, 1.165) is 29.2 Å². The van der Waals surface area contributed by atoms with Crippen LogP contribution in [0.3, 0.4) is 0 Å². The summed E-state index contributed by atoms with van der Waals surface area (Å²) in [7, 11) is 1.19. The van der Waals surface area contributed by atoms with Gasteiger partial charge in [-0.2, -0.15) is 18.4 Å². The topological polar surface area (TPSA) is 83.6 Å². The van der Waals surface area contributed by atoms with Crippen LogP contribution in [0.5, 0.6) is 0 Å². The van der Waals surface area contributed by atoms with Gasteiger partial charge >= 0.3 is 6.18 Å². The maximum Gasteiger partial charge on any atom is 0.451 e. The van der Waals surface area contributed by atoms with Crippen molar-refractivity contribution in [2.24, 2.45) is 13.0 Å². The first-order valence-electron chi connectivity index (χ1n) is 6.49. The monoisotopic (exact) mass is 333 g/mol. The largest absolute Gasteiger partial charge is 0.451 e.